The van der Waals surface area contributed by atoms with Gasteiger partial charge in [0.1, 0.15) is 11.8 Å². The molecule has 0 radical (unpaired) electrons. The molecule has 0 unspecified atom stereocenters. The molecule has 0 aliphatic carbocycles. The number of amides is 1. The van der Waals surface area contributed by atoms with Crippen molar-refractivity contribution >= 4 is 33.5 Å². The molecule has 160 valence electrons. The van der Waals surface area contributed by atoms with E-state index < -0.39 is 26.9 Å². The number of hydrogen-bond acceptors (Lipinski definition) is 7. The lowest BCUT2D eigenvalue weighted by molar-refractivity contribution is -0.385. The Bertz CT molecular complexity index is 1040. The molecule has 0 aliphatic heterocycles. The van der Waals surface area contributed by atoms with Crippen LogP contribution in [0.2, 0.25) is 0 Å². The number of benzene rings is 2. The number of anilines is 1. The van der Waals surface area contributed by atoms with E-state index in [0.717, 1.165) is 16.8 Å². The lowest BCUT2D eigenvalue weighted by atomic mass is 10.2. The number of para-hydroxylation sites is 1. The van der Waals surface area contributed by atoms with E-state index in [9.17, 15) is 23.3 Å². The lowest BCUT2D eigenvalue weighted by Gasteiger charge is -2.27. The highest BCUT2D eigenvalue weighted by atomic mass is 32.2. The van der Waals surface area contributed by atoms with E-state index in [1.165, 1.54) is 37.3 Å². The maximum atomic E-state index is 12.5. The first-order chi connectivity index (χ1) is 14.1. The Morgan fingerprint density at radius 3 is 2.47 bits per heavy atom. The van der Waals surface area contributed by atoms with Crippen LogP contribution in [0.25, 0.3) is 0 Å². The summed E-state index contributed by atoms with van der Waals surface area (Å²) >= 11 is 0. The van der Waals surface area contributed by atoms with Crippen molar-refractivity contribution in [3.8, 4) is 5.75 Å². The fraction of sp³-hybridized carbons (Fsp3) is 0.263. The summed E-state index contributed by atoms with van der Waals surface area (Å²) in [6, 6.07) is 11.0. The minimum absolute atomic E-state index is 0.171. The van der Waals surface area contributed by atoms with Gasteiger partial charge in [-0.2, -0.15) is 5.10 Å². The second kappa shape index (κ2) is 9.83. The summed E-state index contributed by atoms with van der Waals surface area (Å²) in [5, 5.41) is 14.8. The SMILES string of the molecule is CCOc1ccc(N([C@H](C)C(=O)N/N=C\c2ccccc2[N+](=O)[O-])S(C)(=O)=O)cc1. The predicted molar refractivity (Wildman–Crippen MR) is 113 cm³/mol. The van der Waals surface area contributed by atoms with E-state index in [0.29, 0.717) is 12.4 Å². The highest BCUT2D eigenvalue weighted by Crippen LogP contribution is 2.24. The Balaban J connectivity index is 2.19. The fourth-order valence-corrected chi connectivity index (χ4v) is 3.86. The van der Waals surface area contributed by atoms with Gasteiger partial charge < -0.3 is 4.74 Å². The zero-order valence-corrected chi connectivity index (χ0v) is 17.5. The predicted octanol–water partition coefficient (Wildman–Crippen LogP) is 2.30. The van der Waals surface area contributed by atoms with Crippen LogP contribution >= 0.6 is 0 Å². The van der Waals surface area contributed by atoms with Crippen molar-refractivity contribution in [2.75, 3.05) is 17.2 Å². The number of carbonyl (C=O) groups excluding carboxylic acids is 1. The van der Waals surface area contributed by atoms with Gasteiger partial charge in [-0.1, -0.05) is 12.1 Å². The van der Waals surface area contributed by atoms with Crippen molar-refractivity contribution in [1.29, 1.82) is 0 Å². The molecule has 11 heteroatoms. The molecule has 1 N–H and O–H groups in total. The second-order valence-corrected chi connectivity index (χ2v) is 8.07. The molecule has 0 spiro atoms. The average molecular weight is 434 g/mol. The van der Waals surface area contributed by atoms with Gasteiger partial charge in [-0.25, -0.2) is 13.8 Å². The van der Waals surface area contributed by atoms with Gasteiger partial charge in [0.15, 0.2) is 0 Å². The van der Waals surface area contributed by atoms with Crippen LogP contribution in [-0.2, 0) is 14.8 Å². The minimum Gasteiger partial charge on any atom is -0.494 e. The molecule has 1 atom stereocenters. The van der Waals surface area contributed by atoms with Gasteiger partial charge in [-0.15, -0.1) is 0 Å². The van der Waals surface area contributed by atoms with Crippen LogP contribution < -0.4 is 14.5 Å². The van der Waals surface area contributed by atoms with Crippen molar-refractivity contribution in [2.45, 2.75) is 19.9 Å². The number of nitro groups is 1. The monoisotopic (exact) mass is 434 g/mol. The van der Waals surface area contributed by atoms with E-state index in [-0.39, 0.29) is 16.9 Å². The van der Waals surface area contributed by atoms with Crippen LogP contribution in [0.1, 0.15) is 19.4 Å². The van der Waals surface area contributed by atoms with Gasteiger partial charge in [0, 0.05) is 6.07 Å². The minimum atomic E-state index is -3.79. The number of ether oxygens (including phenoxy) is 1. The Morgan fingerprint density at radius 2 is 1.90 bits per heavy atom. The number of nitrogens with one attached hydrogen (secondary N) is 1. The summed E-state index contributed by atoms with van der Waals surface area (Å²) in [4.78, 5) is 22.9. The summed E-state index contributed by atoms with van der Waals surface area (Å²) in [7, 11) is -3.79. The summed E-state index contributed by atoms with van der Waals surface area (Å²) in [5.41, 5.74) is 2.54. The van der Waals surface area contributed by atoms with Gasteiger partial charge in [0.05, 0.1) is 35.3 Å². The van der Waals surface area contributed by atoms with E-state index >= 15 is 0 Å². The van der Waals surface area contributed by atoms with E-state index in [4.69, 9.17) is 4.74 Å². The van der Waals surface area contributed by atoms with E-state index in [1.807, 2.05) is 6.92 Å². The first kappa shape index (κ1) is 22.8. The molecule has 0 aliphatic rings. The maximum absolute atomic E-state index is 12.5. The van der Waals surface area contributed by atoms with Gasteiger partial charge in [-0.3, -0.25) is 19.2 Å². The maximum Gasteiger partial charge on any atom is 0.278 e. The van der Waals surface area contributed by atoms with Gasteiger partial charge in [0.25, 0.3) is 11.6 Å². The van der Waals surface area contributed by atoms with Gasteiger partial charge in [0.2, 0.25) is 10.0 Å². The summed E-state index contributed by atoms with van der Waals surface area (Å²) < 4.78 is 30.9. The van der Waals surface area contributed by atoms with Crippen molar-refractivity contribution in [3.63, 3.8) is 0 Å². The molecule has 2 aromatic carbocycles. The molecule has 0 heterocycles. The average Bonchev–Trinajstić information content (AvgIpc) is 2.68. The normalized spacial score (nSPS) is 12.4. The first-order valence-electron chi connectivity index (χ1n) is 8.93. The molecule has 0 saturated heterocycles. The topological polar surface area (TPSA) is 131 Å². The smallest absolute Gasteiger partial charge is 0.278 e. The molecular weight excluding hydrogens is 412 g/mol. The third-order valence-electron chi connectivity index (χ3n) is 4.00. The molecule has 2 rings (SSSR count). The zero-order valence-electron chi connectivity index (χ0n) is 16.7. The number of nitro benzene ring substituents is 1. The summed E-state index contributed by atoms with van der Waals surface area (Å²) in [6.45, 7) is 3.70. The number of hydrogen-bond donors (Lipinski definition) is 1. The van der Waals surface area contributed by atoms with Crippen molar-refractivity contribution in [2.24, 2.45) is 5.10 Å². The third kappa shape index (κ3) is 5.77. The third-order valence-corrected chi connectivity index (χ3v) is 5.24. The van der Waals surface area contributed by atoms with Crippen molar-refractivity contribution in [1.82, 2.24) is 5.43 Å². The molecule has 30 heavy (non-hydrogen) atoms. The van der Waals surface area contributed by atoms with Crippen LogP contribution in [0.3, 0.4) is 0 Å². The Kier molecular flexibility index (Phi) is 7.48. The lowest BCUT2D eigenvalue weighted by Crippen LogP contribution is -2.46. The number of carbonyl (C=O) groups is 1. The van der Waals surface area contributed by atoms with E-state index in [2.05, 4.69) is 10.5 Å². The zero-order chi connectivity index (χ0) is 22.3. The molecule has 2 aromatic rings. The van der Waals surface area contributed by atoms with Crippen LogP contribution in [0, 0.1) is 10.1 Å². The van der Waals surface area contributed by atoms with E-state index in [1.54, 1.807) is 18.2 Å². The van der Waals surface area contributed by atoms with Gasteiger partial charge >= 0.3 is 0 Å². The highest BCUT2D eigenvalue weighted by Gasteiger charge is 2.29. The van der Waals surface area contributed by atoms with Crippen molar-refractivity contribution in [3.05, 3.63) is 64.2 Å². The fourth-order valence-electron chi connectivity index (χ4n) is 2.69. The number of rotatable bonds is 9. The molecule has 0 fully saturated rings. The Morgan fingerprint density at radius 1 is 1.27 bits per heavy atom. The van der Waals surface area contributed by atoms with Crippen LogP contribution in [0.5, 0.6) is 5.75 Å². The Hall–Kier alpha value is -3.47. The first-order valence-corrected chi connectivity index (χ1v) is 10.8. The number of sulfonamides is 1. The molecule has 10 nitrogen and oxygen atoms in total. The van der Waals surface area contributed by atoms with Crippen LogP contribution in [0.15, 0.2) is 53.6 Å². The van der Waals surface area contributed by atoms with Crippen LogP contribution in [0.4, 0.5) is 11.4 Å². The molecular formula is C19H22N4O6S. The molecule has 0 saturated carbocycles. The Labute approximate surface area is 174 Å². The summed E-state index contributed by atoms with van der Waals surface area (Å²) in [5.74, 6) is -0.134. The van der Waals surface area contributed by atoms with Crippen molar-refractivity contribution < 1.29 is 22.9 Å². The molecule has 0 aromatic heterocycles. The van der Waals surface area contributed by atoms with Crippen LogP contribution in [-0.4, -0.2) is 44.4 Å². The molecule has 0 bridgehead atoms. The summed E-state index contributed by atoms with van der Waals surface area (Å²) in [6.07, 6.45) is 2.12. The number of nitrogens with zero attached hydrogens (tertiary/aromatic N) is 3. The molecule has 1 amide bonds. The second-order valence-electron chi connectivity index (χ2n) is 6.21. The quantitative estimate of drug-likeness (QED) is 0.366. The van der Waals surface area contributed by atoms with Gasteiger partial charge in [-0.05, 0) is 44.2 Å². The standard InChI is InChI=1S/C19H22N4O6S/c1-4-29-17-11-9-16(10-12-17)22(30(3,27)28)14(2)19(24)21-20-13-15-7-5-6-8-18(15)23(25)26/h5-14H,4H2,1-3H3,(H,21,24)/b20-13-/t14-/m1/s1. The largest absolute Gasteiger partial charge is 0.494 e. The number of hydrazone groups is 1. The highest BCUT2D eigenvalue weighted by molar-refractivity contribution is 7.92.